The molecule has 0 aromatic carbocycles. The van der Waals surface area contributed by atoms with Gasteiger partial charge in [-0.25, -0.2) is 9.97 Å². The minimum Gasteiger partial charge on any atom is -0.378 e. The molecule has 1 aliphatic rings. The molecular formula is C12H21N5O. The Kier molecular flexibility index (Phi) is 5.16. The lowest BCUT2D eigenvalue weighted by Gasteiger charge is -2.27. The zero-order chi connectivity index (χ0) is 12.6. The Bertz CT molecular complexity index is 354. The molecule has 2 heterocycles. The van der Waals surface area contributed by atoms with E-state index in [2.05, 4.69) is 25.5 Å². The van der Waals surface area contributed by atoms with Crippen LogP contribution in [0.5, 0.6) is 0 Å². The molecule has 0 radical (unpaired) electrons. The highest BCUT2D eigenvalue weighted by Gasteiger charge is 2.12. The zero-order valence-electron chi connectivity index (χ0n) is 10.9. The third-order valence-corrected chi connectivity index (χ3v) is 2.90. The van der Waals surface area contributed by atoms with Crippen LogP contribution in [-0.4, -0.2) is 56.4 Å². The van der Waals surface area contributed by atoms with Crippen LogP contribution in [0.2, 0.25) is 0 Å². The Morgan fingerprint density at radius 2 is 2.11 bits per heavy atom. The molecule has 1 aromatic rings. The van der Waals surface area contributed by atoms with Gasteiger partial charge >= 0.3 is 0 Å². The summed E-state index contributed by atoms with van der Waals surface area (Å²) < 4.78 is 5.34. The number of nitrogens with zero attached hydrogens (tertiary/aromatic N) is 3. The van der Waals surface area contributed by atoms with Gasteiger partial charge in [0.1, 0.15) is 18.0 Å². The Morgan fingerprint density at radius 3 is 2.89 bits per heavy atom. The number of ether oxygens (including phenoxy) is 1. The molecule has 6 heteroatoms. The molecule has 0 atom stereocenters. The summed E-state index contributed by atoms with van der Waals surface area (Å²) >= 11 is 0. The molecule has 0 bridgehead atoms. The summed E-state index contributed by atoms with van der Waals surface area (Å²) in [5.74, 6) is 1.87. The van der Waals surface area contributed by atoms with Gasteiger partial charge in [-0.15, -0.1) is 0 Å². The van der Waals surface area contributed by atoms with E-state index in [-0.39, 0.29) is 0 Å². The number of hydrogen-bond donors (Lipinski definition) is 2. The third kappa shape index (κ3) is 3.82. The number of nitrogens with one attached hydrogen (secondary N) is 2. The molecular weight excluding hydrogens is 230 g/mol. The molecule has 18 heavy (non-hydrogen) atoms. The molecule has 2 N–H and O–H groups in total. The predicted octanol–water partition coefficient (Wildman–Crippen LogP) is 0.335. The van der Waals surface area contributed by atoms with Crippen LogP contribution in [0.3, 0.4) is 0 Å². The van der Waals surface area contributed by atoms with Crippen LogP contribution < -0.4 is 15.5 Å². The van der Waals surface area contributed by atoms with Crippen LogP contribution in [0.25, 0.3) is 0 Å². The molecule has 0 saturated carbocycles. The van der Waals surface area contributed by atoms with Crippen LogP contribution in [0.15, 0.2) is 12.4 Å². The first-order valence-corrected chi connectivity index (χ1v) is 6.43. The van der Waals surface area contributed by atoms with Crippen molar-refractivity contribution in [2.24, 2.45) is 0 Å². The van der Waals surface area contributed by atoms with Gasteiger partial charge in [0, 0.05) is 25.7 Å². The van der Waals surface area contributed by atoms with E-state index in [0.717, 1.165) is 57.4 Å². The minimum atomic E-state index is 0.773. The van der Waals surface area contributed by atoms with Crippen molar-refractivity contribution in [3.05, 3.63) is 12.4 Å². The van der Waals surface area contributed by atoms with E-state index in [1.54, 1.807) is 6.33 Å². The van der Waals surface area contributed by atoms with Crippen molar-refractivity contribution in [1.29, 1.82) is 0 Å². The Morgan fingerprint density at radius 1 is 1.28 bits per heavy atom. The SMILES string of the molecule is CNCCCNc1cc(N2CCOCC2)ncn1. The van der Waals surface area contributed by atoms with Gasteiger partial charge in [0.15, 0.2) is 0 Å². The topological polar surface area (TPSA) is 62.3 Å². The van der Waals surface area contributed by atoms with E-state index < -0.39 is 0 Å². The van der Waals surface area contributed by atoms with E-state index >= 15 is 0 Å². The lowest BCUT2D eigenvalue weighted by molar-refractivity contribution is 0.122. The molecule has 1 saturated heterocycles. The molecule has 100 valence electrons. The van der Waals surface area contributed by atoms with E-state index in [0.29, 0.717) is 0 Å². The van der Waals surface area contributed by atoms with E-state index in [9.17, 15) is 0 Å². The normalized spacial score (nSPS) is 15.7. The Hall–Kier alpha value is -1.40. The summed E-state index contributed by atoms with van der Waals surface area (Å²) in [6, 6.07) is 2.00. The lowest BCUT2D eigenvalue weighted by atomic mass is 10.4. The van der Waals surface area contributed by atoms with E-state index in [1.807, 2.05) is 13.1 Å². The second-order valence-electron chi connectivity index (χ2n) is 4.24. The van der Waals surface area contributed by atoms with Crippen LogP contribution in [0.1, 0.15) is 6.42 Å². The van der Waals surface area contributed by atoms with Crippen molar-refractivity contribution in [3.63, 3.8) is 0 Å². The highest BCUT2D eigenvalue weighted by Crippen LogP contribution is 2.15. The monoisotopic (exact) mass is 251 g/mol. The summed E-state index contributed by atoms with van der Waals surface area (Å²) in [5, 5.41) is 6.43. The first-order valence-electron chi connectivity index (χ1n) is 6.43. The summed E-state index contributed by atoms with van der Waals surface area (Å²) in [5.41, 5.74) is 0. The van der Waals surface area contributed by atoms with Crippen molar-refractivity contribution >= 4 is 11.6 Å². The minimum absolute atomic E-state index is 0.773. The molecule has 0 spiro atoms. The van der Waals surface area contributed by atoms with Crippen molar-refractivity contribution in [3.8, 4) is 0 Å². The lowest BCUT2D eigenvalue weighted by Crippen LogP contribution is -2.36. The predicted molar refractivity (Wildman–Crippen MR) is 72.1 cm³/mol. The fourth-order valence-corrected chi connectivity index (χ4v) is 1.89. The van der Waals surface area contributed by atoms with Crippen LogP contribution in [0.4, 0.5) is 11.6 Å². The van der Waals surface area contributed by atoms with Gasteiger partial charge in [0.2, 0.25) is 0 Å². The number of aromatic nitrogens is 2. The van der Waals surface area contributed by atoms with Gasteiger partial charge in [-0.05, 0) is 20.0 Å². The summed E-state index contributed by atoms with van der Waals surface area (Å²) in [6.45, 7) is 5.27. The standard InChI is InChI=1S/C12H21N5O/c1-13-3-2-4-14-11-9-12(16-10-15-11)17-5-7-18-8-6-17/h9-10,13H,2-8H2,1H3,(H,14,15,16). The second-order valence-corrected chi connectivity index (χ2v) is 4.24. The number of morpholine rings is 1. The summed E-state index contributed by atoms with van der Waals surface area (Å²) in [6.07, 6.45) is 2.69. The summed E-state index contributed by atoms with van der Waals surface area (Å²) in [7, 11) is 1.96. The molecule has 1 aliphatic heterocycles. The molecule has 1 aromatic heterocycles. The van der Waals surface area contributed by atoms with Gasteiger partial charge in [-0.2, -0.15) is 0 Å². The maximum absolute atomic E-state index is 5.34. The molecule has 0 amide bonds. The summed E-state index contributed by atoms with van der Waals surface area (Å²) in [4.78, 5) is 10.8. The first-order chi connectivity index (χ1) is 8.90. The van der Waals surface area contributed by atoms with Gasteiger partial charge < -0.3 is 20.3 Å². The maximum atomic E-state index is 5.34. The number of hydrogen-bond acceptors (Lipinski definition) is 6. The fourth-order valence-electron chi connectivity index (χ4n) is 1.89. The van der Waals surface area contributed by atoms with Crippen molar-refractivity contribution < 1.29 is 4.74 Å². The molecule has 0 aliphatic carbocycles. The van der Waals surface area contributed by atoms with Gasteiger partial charge in [-0.1, -0.05) is 0 Å². The fraction of sp³-hybridized carbons (Fsp3) is 0.667. The average molecular weight is 251 g/mol. The van der Waals surface area contributed by atoms with Crippen molar-refractivity contribution in [2.45, 2.75) is 6.42 Å². The van der Waals surface area contributed by atoms with Gasteiger partial charge in [-0.3, -0.25) is 0 Å². The molecule has 2 rings (SSSR count). The Labute approximate surface area is 108 Å². The smallest absolute Gasteiger partial charge is 0.134 e. The van der Waals surface area contributed by atoms with E-state index in [4.69, 9.17) is 4.74 Å². The number of rotatable bonds is 6. The molecule has 6 nitrogen and oxygen atoms in total. The van der Waals surface area contributed by atoms with Gasteiger partial charge in [0.05, 0.1) is 13.2 Å². The largest absolute Gasteiger partial charge is 0.378 e. The quantitative estimate of drug-likeness (QED) is 0.711. The van der Waals surface area contributed by atoms with Gasteiger partial charge in [0.25, 0.3) is 0 Å². The third-order valence-electron chi connectivity index (χ3n) is 2.90. The van der Waals surface area contributed by atoms with E-state index in [1.165, 1.54) is 0 Å². The first kappa shape index (κ1) is 13.0. The zero-order valence-corrected chi connectivity index (χ0v) is 10.9. The molecule has 0 unspecified atom stereocenters. The van der Waals surface area contributed by atoms with Crippen molar-refractivity contribution in [2.75, 3.05) is 56.7 Å². The highest BCUT2D eigenvalue weighted by atomic mass is 16.5. The number of anilines is 2. The van der Waals surface area contributed by atoms with Crippen LogP contribution >= 0.6 is 0 Å². The van der Waals surface area contributed by atoms with Crippen LogP contribution in [0, 0.1) is 0 Å². The Balaban J connectivity index is 1.88. The van der Waals surface area contributed by atoms with Crippen LogP contribution in [-0.2, 0) is 4.74 Å². The van der Waals surface area contributed by atoms with Crippen molar-refractivity contribution in [1.82, 2.24) is 15.3 Å². The molecule has 1 fully saturated rings. The maximum Gasteiger partial charge on any atom is 0.134 e. The second kappa shape index (κ2) is 7.13. The highest BCUT2D eigenvalue weighted by molar-refractivity contribution is 5.48. The average Bonchev–Trinajstić information content (AvgIpc) is 2.45.